The Hall–Kier alpha value is -3.19. The Morgan fingerprint density at radius 1 is 1.18 bits per heavy atom. The predicted octanol–water partition coefficient (Wildman–Crippen LogP) is 4.37. The molecule has 184 valence electrons. The van der Waals surface area contributed by atoms with Crippen LogP contribution in [0.25, 0.3) is 0 Å². The highest BCUT2D eigenvalue weighted by atomic mass is 16.6. The SMILES string of the molecule is C=CC=C(C=CC)OC(=O)COCCNc1ccc(C(C)(C)C(C)(C)C(=O)N2CCC2=O)cc1. The number of allylic oxidation sites excluding steroid dienone is 4. The second kappa shape index (κ2) is 11.8. The fourth-order valence-corrected chi connectivity index (χ4v) is 3.49. The highest BCUT2D eigenvalue weighted by molar-refractivity contribution is 6.02. The Morgan fingerprint density at radius 3 is 2.38 bits per heavy atom. The number of imide groups is 1. The molecule has 0 aromatic heterocycles. The van der Waals surface area contributed by atoms with E-state index in [1.807, 2.05) is 58.9 Å². The van der Waals surface area contributed by atoms with Gasteiger partial charge in [0.15, 0.2) is 0 Å². The van der Waals surface area contributed by atoms with Gasteiger partial charge >= 0.3 is 5.97 Å². The number of ether oxygens (including phenoxy) is 2. The summed E-state index contributed by atoms with van der Waals surface area (Å²) in [6.45, 7) is 14.5. The molecule has 7 heteroatoms. The van der Waals surface area contributed by atoms with Crippen molar-refractivity contribution in [2.24, 2.45) is 5.41 Å². The fourth-order valence-electron chi connectivity index (χ4n) is 3.49. The maximum atomic E-state index is 13.0. The fraction of sp³-hybridized carbons (Fsp3) is 0.444. The van der Waals surface area contributed by atoms with Gasteiger partial charge in [-0.2, -0.15) is 0 Å². The molecule has 1 aliphatic rings. The van der Waals surface area contributed by atoms with Gasteiger partial charge in [-0.05, 0) is 36.8 Å². The molecule has 1 heterocycles. The minimum absolute atomic E-state index is 0.102. The number of hydrogen-bond acceptors (Lipinski definition) is 6. The van der Waals surface area contributed by atoms with Crippen LogP contribution in [-0.4, -0.2) is 49.0 Å². The molecule has 0 radical (unpaired) electrons. The van der Waals surface area contributed by atoms with Gasteiger partial charge < -0.3 is 14.8 Å². The molecule has 1 fully saturated rings. The summed E-state index contributed by atoms with van der Waals surface area (Å²) in [6, 6.07) is 7.87. The molecule has 0 aliphatic carbocycles. The van der Waals surface area contributed by atoms with E-state index < -0.39 is 16.8 Å². The van der Waals surface area contributed by atoms with Crippen molar-refractivity contribution in [2.75, 3.05) is 31.6 Å². The quantitative estimate of drug-likeness (QED) is 0.161. The van der Waals surface area contributed by atoms with Crippen molar-refractivity contribution < 1.29 is 23.9 Å². The summed E-state index contributed by atoms with van der Waals surface area (Å²) in [7, 11) is 0. The van der Waals surface area contributed by atoms with Crippen molar-refractivity contribution in [3.05, 3.63) is 66.5 Å². The maximum Gasteiger partial charge on any atom is 0.337 e. The van der Waals surface area contributed by atoms with Gasteiger partial charge in [0, 0.05) is 30.6 Å². The van der Waals surface area contributed by atoms with Crippen LogP contribution in [0.15, 0.2) is 60.9 Å². The number of nitrogens with one attached hydrogen (secondary N) is 1. The van der Waals surface area contributed by atoms with Crippen LogP contribution >= 0.6 is 0 Å². The van der Waals surface area contributed by atoms with Crippen molar-refractivity contribution in [3.63, 3.8) is 0 Å². The van der Waals surface area contributed by atoms with E-state index in [9.17, 15) is 14.4 Å². The van der Waals surface area contributed by atoms with Gasteiger partial charge in [0.1, 0.15) is 12.4 Å². The van der Waals surface area contributed by atoms with Gasteiger partial charge in [0.05, 0.1) is 12.0 Å². The highest BCUT2D eigenvalue weighted by Gasteiger charge is 2.48. The molecule has 1 saturated heterocycles. The molecule has 0 unspecified atom stereocenters. The van der Waals surface area contributed by atoms with Crippen LogP contribution in [0.5, 0.6) is 0 Å². The lowest BCUT2D eigenvalue weighted by molar-refractivity contribution is -0.160. The minimum atomic E-state index is -0.742. The number of amides is 2. The molecular formula is C27H36N2O5. The van der Waals surface area contributed by atoms with E-state index in [4.69, 9.17) is 9.47 Å². The molecule has 2 rings (SSSR count). The summed E-state index contributed by atoms with van der Waals surface area (Å²) in [6.07, 6.45) is 7.04. The summed E-state index contributed by atoms with van der Waals surface area (Å²) in [5.41, 5.74) is 0.687. The summed E-state index contributed by atoms with van der Waals surface area (Å²) in [4.78, 5) is 37.9. The largest absolute Gasteiger partial charge is 0.425 e. The molecule has 1 N–H and O–H groups in total. The third-order valence-corrected chi connectivity index (χ3v) is 6.44. The van der Waals surface area contributed by atoms with Crippen LogP contribution in [0.3, 0.4) is 0 Å². The normalized spacial score (nSPS) is 14.7. The molecule has 0 saturated carbocycles. The average Bonchev–Trinajstić information content (AvgIpc) is 2.78. The zero-order valence-electron chi connectivity index (χ0n) is 20.8. The number of hydrogen-bond donors (Lipinski definition) is 1. The lowest BCUT2D eigenvalue weighted by atomic mass is 9.63. The van der Waals surface area contributed by atoms with Crippen molar-refractivity contribution in [1.82, 2.24) is 4.90 Å². The number of benzene rings is 1. The van der Waals surface area contributed by atoms with Crippen LogP contribution < -0.4 is 5.32 Å². The molecule has 0 bridgehead atoms. The number of nitrogens with zero attached hydrogens (tertiary/aromatic N) is 1. The third-order valence-electron chi connectivity index (χ3n) is 6.44. The zero-order valence-corrected chi connectivity index (χ0v) is 20.8. The van der Waals surface area contributed by atoms with Crippen molar-refractivity contribution in [1.29, 1.82) is 0 Å². The monoisotopic (exact) mass is 468 g/mol. The first-order valence-corrected chi connectivity index (χ1v) is 11.5. The molecule has 1 aliphatic heterocycles. The van der Waals surface area contributed by atoms with E-state index in [1.54, 1.807) is 24.3 Å². The first-order chi connectivity index (χ1) is 16.0. The van der Waals surface area contributed by atoms with Gasteiger partial charge in [-0.25, -0.2) is 4.79 Å². The van der Waals surface area contributed by atoms with Crippen LogP contribution in [0.1, 0.15) is 46.6 Å². The third kappa shape index (κ3) is 6.44. The Kier molecular flexibility index (Phi) is 9.38. The van der Waals surface area contributed by atoms with Gasteiger partial charge in [-0.1, -0.05) is 58.6 Å². The molecular weight excluding hydrogens is 432 g/mol. The average molecular weight is 469 g/mol. The van der Waals surface area contributed by atoms with E-state index in [0.29, 0.717) is 31.9 Å². The molecule has 1 aromatic carbocycles. The van der Waals surface area contributed by atoms with Gasteiger partial charge in [0.2, 0.25) is 11.8 Å². The Morgan fingerprint density at radius 2 is 1.85 bits per heavy atom. The van der Waals surface area contributed by atoms with Gasteiger partial charge in [0.25, 0.3) is 0 Å². The summed E-state index contributed by atoms with van der Waals surface area (Å²) < 4.78 is 10.6. The first-order valence-electron chi connectivity index (χ1n) is 11.5. The standard InChI is InChI=1S/C27H36N2O5/c1-7-9-22(10-8-2)34-24(31)19-33-18-16-28-21-13-11-20(12-14-21)26(3,4)27(5,6)25(32)29-17-15-23(29)30/h7-14,28H,1,15-19H2,2-6H3. The van der Waals surface area contributed by atoms with Gasteiger partial charge in [-0.15, -0.1) is 0 Å². The second-order valence-corrected chi connectivity index (χ2v) is 9.19. The lowest BCUT2D eigenvalue weighted by Gasteiger charge is -2.45. The van der Waals surface area contributed by atoms with Crippen LogP contribution in [0.4, 0.5) is 5.69 Å². The molecule has 34 heavy (non-hydrogen) atoms. The number of esters is 1. The zero-order chi connectivity index (χ0) is 25.4. The van der Waals surface area contributed by atoms with E-state index >= 15 is 0 Å². The Bertz CT molecular complexity index is 958. The summed E-state index contributed by atoms with van der Waals surface area (Å²) in [5, 5.41) is 3.25. The first kappa shape index (κ1) is 27.1. The van der Waals surface area contributed by atoms with Crippen molar-refractivity contribution in [2.45, 2.75) is 46.5 Å². The molecule has 2 amide bonds. The van der Waals surface area contributed by atoms with E-state index in [-0.39, 0.29) is 18.4 Å². The van der Waals surface area contributed by atoms with Gasteiger partial charge in [-0.3, -0.25) is 14.5 Å². The van der Waals surface area contributed by atoms with E-state index in [1.165, 1.54) is 4.90 Å². The van der Waals surface area contributed by atoms with E-state index in [0.717, 1.165) is 11.3 Å². The van der Waals surface area contributed by atoms with Crippen LogP contribution in [0.2, 0.25) is 0 Å². The van der Waals surface area contributed by atoms with Crippen molar-refractivity contribution in [3.8, 4) is 0 Å². The Balaban J connectivity index is 1.84. The number of β-lactam (4-membered cyclic amide) rings is 1. The molecule has 0 spiro atoms. The summed E-state index contributed by atoms with van der Waals surface area (Å²) in [5.74, 6) is -0.303. The number of anilines is 1. The highest BCUT2D eigenvalue weighted by Crippen LogP contribution is 2.43. The minimum Gasteiger partial charge on any atom is -0.425 e. The second-order valence-electron chi connectivity index (χ2n) is 9.19. The van der Waals surface area contributed by atoms with Crippen LogP contribution in [-0.2, 0) is 29.3 Å². The van der Waals surface area contributed by atoms with Crippen molar-refractivity contribution >= 4 is 23.5 Å². The number of likely N-dealkylation sites (tertiary alicyclic amines) is 1. The lowest BCUT2D eigenvalue weighted by Crippen LogP contribution is -2.57. The topological polar surface area (TPSA) is 84.9 Å². The maximum absolute atomic E-state index is 13.0. The van der Waals surface area contributed by atoms with E-state index in [2.05, 4.69) is 11.9 Å². The molecule has 7 nitrogen and oxygen atoms in total. The molecule has 0 atom stereocenters. The molecule has 1 aromatic rings. The number of carbonyl (C=O) groups is 3. The predicted molar refractivity (Wildman–Crippen MR) is 133 cm³/mol. The number of carbonyl (C=O) groups excluding carboxylic acids is 3. The smallest absolute Gasteiger partial charge is 0.337 e. The van der Waals surface area contributed by atoms with Crippen LogP contribution in [0, 0.1) is 5.41 Å². The number of rotatable bonds is 12. The Labute approximate surface area is 202 Å². The summed E-state index contributed by atoms with van der Waals surface area (Å²) >= 11 is 0.